The van der Waals surface area contributed by atoms with Gasteiger partial charge >= 0.3 is 0 Å². The van der Waals surface area contributed by atoms with E-state index in [0.29, 0.717) is 6.10 Å². The number of nitrogens with zero attached hydrogens (tertiary/aromatic N) is 2. The second-order valence-electron chi connectivity index (χ2n) is 4.77. The third kappa shape index (κ3) is 3.46. The van der Waals surface area contributed by atoms with Gasteiger partial charge in [-0.2, -0.15) is 0 Å². The molecule has 1 fully saturated rings. The smallest absolute Gasteiger partial charge is 0.203 e. The first kappa shape index (κ1) is 12.4. The summed E-state index contributed by atoms with van der Waals surface area (Å²) < 4.78 is 7.97. The third-order valence-corrected chi connectivity index (χ3v) is 3.10. The van der Waals surface area contributed by atoms with Crippen molar-refractivity contribution >= 4 is 5.95 Å². The molecule has 1 unspecified atom stereocenters. The van der Waals surface area contributed by atoms with E-state index in [9.17, 15) is 0 Å². The predicted octanol–water partition coefficient (Wildman–Crippen LogP) is 2.58. The van der Waals surface area contributed by atoms with E-state index in [1.807, 2.05) is 6.92 Å². The minimum absolute atomic E-state index is 0.361. The van der Waals surface area contributed by atoms with Crippen LogP contribution in [0.25, 0.3) is 0 Å². The van der Waals surface area contributed by atoms with Crippen LogP contribution in [-0.4, -0.2) is 28.8 Å². The van der Waals surface area contributed by atoms with Crippen LogP contribution in [0.15, 0.2) is 6.20 Å². The number of imidazole rings is 1. The topological polar surface area (TPSA) is 39.1 Å². The van der Waals surface area contributed by atoms with Crippen molar-refractivity contribution in [1.82, 2.24) is 9.55 Å². The van der Waals surface area contributed by atoms with Crippen molar-refractivity contribution in [2.45, 2.75) is 52.2 Å². The molecular weight excluding hydrogens is 214 g/mol. The van der Waals surface area contributed by atoms with Crippen LogP contribution in [-0.2, 0) is 11.3 Å². The van der Waals surface area contributed by atoms with Gasteiger partial charge in [-0.25, -0.2) is 4.98 Å². The van der Waals surface area contributed by atoms with Crippen molar-refractivity contribution in [2.75, 3.05) is 18.5 Å². The number of aryl methyl sites for hydroxylation is 1. The van der Waals surface area contributed by atoms with Gasteiger partial charge in [0.25, 0.3) is 0 Å². The first-order valence-corrected chi connectivity index (χ1v) is 6.69. The number of hydrogen-bond acceptors (Lipinski definition) is 3. The average molecular weight is 237 g/mol. The standard InChI is InChI=1S/C13H23N3O/c1-3-7-14-13-15-11(2)9-16(13)10-12-6-4-5-8-17-12/h9,12H,3-8,10H2,1-2H3,(H,14,15). The highest BCUT2D eigenvalue weighted by Crippen LogP contribution is 2.17. The van der Waals surface area contributed by atoms with E-state index in [1.54, 1.807) is 0 Å². The van der Waals surface area contributed by atoms with E-state index in [-0.39, 0.29) is 0 Å². The number of anilines is 1. The molecule has 1 aromatic rings. The van der Waals surface area contributed by atoms with Crippen LogP contribution in [0.4, 0.5) is 5.95 Å². The molecule has 1 aliphatic rings. The molecule has 1 aromatic heterocycles. The molecule has 2 heterocycles. The maximum Gasteiger partial charge on any atom is 0.203 e. The highest BCUT2D eigenvalue weighted by Gasteiger charge is 2.16. The van der Waals surface area contributed by atoms with Crippen molar-refractivity contribution in [1.29, 1.82) is 0 Å². The molecule has 0 bridgehead atoms. The zero-order valence-corrected chi connectivity index (χ0v) is 10.9. The first-order chi connectivity index (χ1) is 8.29. The van der Waals surface area contributed by atoms with E-state index in [4.69, 9.17) is 4.74 Å². The van der Waals surface area contributed by atoms with Gasteiger partial charge in [0.15, 0.2) is 0 Å². The Morgan fingerprint density at radius 1 is 1.53 bits per heavy atom. The van der Waals surface area contributed by atoms with Gasteiger partial charge in [0, 0.05) is 19.3 Å². The Balaban J connectivity index is 1.97. The second-order valence-corrected chi connectivity index (χ2v) is 4.77. The summed E-state index contributed by atoms with van der Waals surface area (Å²) in [6.07, 6.45) is 7.25. The maximum absolute atomic E-state index is 5.77. The fourth-order valence-corrected chi connectivity index (χ4v) is 2.23. The average Bonchev–Trinajstić information content (AvgIpc) is 2.68. The minimum Gasteiger partial charge on any atom is -0.376 e. The molecule has 0 saturated carbocycles. The van der Waals surface area contributed by atoms with Crippen LogP contribution in [0, 0.1) is 6.92 Å². The highest BCUT2D eigenvalue weighted by atomic mass is 16.5. The molecule has 1 N–H and O–H groups in total. The van der Waals surface area contributed by atoms with Crippen LogP contribution in [0.2, 0.25) is 0 Å². The van der Waals surface area contributed by atoms with Crippen LogP contribution >= 0.6 is 0 Å². The van der Waals surface area contributed by atoms with E-state index < -0.39 is 0 Å². The van der Waals surface area contributed by atoms with Gasteiger partial charge in [0.1, 0.15) is 0 Å². The van der Waals surface area contributed by atoms with Crippen LogP contribution < -0.4 is 5.32 Å². The summed E-state index contributed by atoms with van der Waals surface area (Å²) in [5.41, 5.74) is 1.07. The van der Waals surface area contributed by atoms with Crippen molar-refractivity contribution in [3.63, 3.8) is 0 Å². The molecule has 17 heavy (non-hydrogen) atoms. The van der Waals surface area contributed by atoms with Gasteiger partial charge in [-0.1, -0.05) is 6.92 Å². The molecule has 96 valence electrons. The van der Waals surface area contributed by atoms with Crippen molar-refractivity contribution in [2.24, 2.45) is 0 Å². The molecule has 0 aromatic carbocycles. The van der Waals surface area contributed by atoms with E-state index >= 15 is 0 Å². The lowest BCUT2D eigenvalue weighted by molar-refractivity contribution is 0.00629. The number of nitrogens with one attached hydrogen (secondary N) is 1. The fourth-order valence-electron chi connectivity index (χ4n) is 2.23. The summed E-state index contributed by atoms with van der Waals surface area (Å²) in [6, 6.07) is 0. The Labute approximate surface area is 103 Å². The van der Waals surface area contributed by atoms with Crippen LogP contribution in [0.1, 0.15) is 38.3 Å². The molecule has 0 amide bonds. The van der Waals surface area contributed by atoms with Crippen molar-refractivity contribution in [3.05, 3.63) is 11.9 Å². The van der Waals surface area contributed by atoms with Crippen molar-refractivity contribution in [3.8, 4) is 0 Å². The summed E-state index contributed by atoms with van der Waals surface area (Å²) in [4.78, 5) is 4.51. The quantitative estimate of drug-likeness (QED) is 0.855. The van der Waals surface area contributed by atoms with E-state index in [2.05, 4.69) is 28.0 Å². The van der Waals surface area contributed by atoms with Gasteiger partial charge in [-0.15, -0.1) is 0 Å². The van der Waals surface area contributed by atoms with Gasteiger partial charge in [0.2, 0.25) is 5.95 Å². The lowest BCUT2D eigenvalue weighted by Crippen LogP contribution is -2.25. The molecule has 1 saturated heterocycles. The minimum atomic E-state index is 0.361. The molecule has 0 aliphatic carbocycles. The zero-order chi connectivity index (χ0) is 12.1. The van der Waals surface area contributed by atoms with Crippen LogP contribution in [0.3, 0.4) is 0 Å². The van der Waals surface area contributed by atoms with Gasteiger partial charge < -0.3 is 14.6 Å². The fraction of sp³-hybridized carbons (Fsp3) is 0.769. The third-order valence-electron chi connectivity index (χ3n) is 3.10. The summed E-state index contributed by atoms with van der Waals surface area (Å²) in [5, 5.41) is 3.37. The summed E-state index contributed by atoms with van der Waals surface area (Å²) in [5.74, 6) is 0.985. The van der Waals surface area contributed by atoms with Gasteiger partial charge in [-0.05, 0) is 32.6 Å². The van der Waals surface area contributed by atoms with E-state index in [1.165, 1.54) is 19.3 Å². The Morgan fingerprint density at radius 2 is 2.41 bits per heavy atom. The SMILES string of the molecule is CCCNc1nc(C)cn1CC1CCCCO1. The lowest BCUT2D eigenvalue weighted by Gasteiger charge is -2.23. The molecule has 0 radical (unpaired) electrons. The number of ether oxygens (including phenoxy) is 1. The normalized spacial score (nSPS) is 20.5. The van der Waals surface area contributed by atoms with Gasteiger partial charge in [-0.3, -0.25) is 0 Å². The Morgan fingerprint density at radius 3 is 3.12 bits per heavy atom. The summed E-state index contributed by atoms with van der Waals surface area (Å²) in [6.45, 7) is 7.01. The maximum atomic E-state index is 5.77. The Bertz CT molecular complexity index is 342. The first-order valence-electron chi connectivity index (χ1n) is 6.69. The summed E-state index contributed by atoms with van der Waals surface area (Å²) >= 11 is 0. The molecule has 1 atom stereocenters. The highest BCUT2D eigenvalue weighted by molar-refractivity contribution is 5.28. The largest absolute Gasteiger partial charge is 0.376 e. The van der Waals surface area contributed by atoms with Crippen molar-refractivity contribution < 1.29 is 4.74 Å². The number of rotatable bonds is 5. The Hall–Kier alpha value is -1.03. The molecule has 4 heteroatoms. The Kier molecular flexibility index (Phi) is 4.42. The number of aromatic nitrogens is 2. The number of hydrogen-bond donors (Lipinski definition) is 1. The predicted molar refractivity (Wildman–Crippen MR) is 69.3 cm³/mol. The monoisotopic (exact) mass is 237 g/mol. The van der Waals surface area contributed by atoms with E-state index in [0.717, 1.165) is 37.8 Å². The second kappa shape index (κ2) is 6.05. The lowest BCUT2D eigenvalue weighted by atomic mass is 10.1. The molecular formula is C13H23N3O. The summed E-state index contributed by atoms with van der Waals surface area (Å²) in [7, 11) is 0. The zero-order valence-electron chi connectivity index (χ0n) is 10.9. The molecule has 4 nitrogen and oxygen atoms in total. The molecule has 1 aliphatic heterocycles. The van der Waals surface area contributed by atoms with Gasteiger partial charge in [0.05, 0.1) is 18.3 Å². The van der Waals surface area contributed by atoms with Crippen LogP contribution in [0.5, 0.6) is 0 Å². The molecule has 2 rings (SSSR count). The molecule has 0 spiro atoms.